The van der Waals surface area contributed by atoms with Gasteiger partial charge in [-0.1, -0.05) is 51.3 Å². The summed E-state index contributed by atoms with van der Waals surface area (Å²) >= 11 is 16.3. The molecule has 0 aliphatic heterocycles. The summed E-state index contributed by atoms with van der Waals surface area (Å²) in [6.45, 7) is 1.95. The van der Waals surface area contributed by atoms with Crippen LogP contribution in [0.5, 0.6) is 0 Å². The molecule has 0 fully saturated rings. The highest BCUT2D eigenvalue weighted by Gasteiger charge is 2.16. The Balaban J connectivity index is 2.36. The van der Waals surface area contributed by atoms with Crippen LogP contribution in [0.1, 0.15) is 5.56 Å². The summed E-state index contributed by atoms with van der Waals surface area (Å²) < 4.78 is 14.0. The van der Waals surface area contributed by atoms with Crippen molar-refractivity contribution in [1.29, 1.82) is 0 Å². The summed E-state index contributed by atoms with van der Waals surface area (Å²) in [5.74, 6) is -0.307. The second-order valence-electron chi connectivity index (χ2n) is 4.72. The Kier molecular flexibility index (Phi) is 3.91. The van der Waals surface area contributed by atoms with E-state index in [1.807, 2.05) is 19.1 Å². The zero-order chi connectivity index (χ0) is 15.1. The van der Waals surface area contributed by atoms with E-state index in [1.165, 1.54) is 12.1 Å². The van der Waals surface area contributed by atoms with E-state index in [9.17, 15) is 4.39 Å². The monoisotopic (exact) mass is 383 g/mol. The highest BCUT2D eigenvalue weighted by atomic mass is 79.9. The Labute approximate surface area is 139 Å². The lowest BCUT2D eigenvalue weighted by molar-refractivity contribution is 0.628. The Hall–Kier alpha value is -1.16. The van der Waals surface area contributed by atoms with Crippen molar-refractivity contribution in [3.8, 4) is 11.1 Å². The number of benzene rings is 2. The second-order valence-corrected chi connectivity index (χ2v) is 6.37. The lowest BCUT2D eigenvalue weighted by Gasteiger charge is -2.12. The Bertz CT molecular complexity index is 847. The molecule has 0 saturated carbocycles. The van der Waals surface area contributed by atoms with Gasteiger partial charge in [0.2, 0.25) is 0 Å². The van der Waals surface area contributed by atoms with Crippen LogP contribution in [-0.4, -0.2) is 4.98 Å². The standard InChI is InChI=1S/C16H9BrCl2FN/c1-8-6-10(17)7-12-14(18)13(16(19)21-15(8)12)9-2-4-11(20)5-3-9/h2-7H,1H3. The van der Waals surface area contributed by atoms with Gasteiger partial charge in [-0.2, -0.15) is 0 Å². The molecule has 0 saturated heterocycles. The van der Waals surface area contributed by atoms with Crippen molar-refractivity contribution in [2.75, 3.05) is 0 Å². The molecule has 0 amide bonds. The molecule has 1 aromatic heterocycles. The molecule has 3 aromatic rings. The minimum Gasteiger partial charge on any atom is -0.235 e. The first-order valence-electron chi connectivity index (χ1n) is 6.18. The Morgan fingerprint density at radius 3 is 2.43 bits per heavy atom. The SMILES string of the molecule is Cc1cc(Br)cc2c(Cl)c(-c3ccc(F)cc3)c(Cl)nc12. The minimum absolute atomic E-state index is 0.307. The summed E-state index contributed by atoms with van der Waals surface area (Å²) in [5.41, 5.74) is 3.09. The molecule has 0 radical (unpaired) electrons. The number of rotatable bonds is 1. The van der Waals surface area contributed by atoms with Crippen molar-refractivity contribution in [2.24, 2.45) is 0 Å². The minimum atomic E-state index is -0.307. The van der Waals surface area contributed by atoms with Gasteiger partial charge in [0.05, 0.1) is 10.5 Å². The zero-order valence-electron chi connectivity index (χ0n) is 10.9. The largest absolute Gasteiger partial charge is 0.235 e. The van der Waals surface area contributed by atoms with E-state index >= 15 is 0 Å². The molecule has 3 rings (SSSR count). The lowest BCUT2D eigenvalue weighted by atomic mass is 10.0. The summed E-state index contributed by atoms with van der Waals surface area (Å²) in [6.07, 6.45) is 0. The van der Waals surface area contributed by atoms with Crippen molar-refractivity contribution >= 4 is 50.0 Å². The highest BCUT2D eigenvalue weighted by molar-refractivity contribution is 9.10. The number of hydrogen-bond donors (Lipinski definition) is 0. The molecule has 0 spiro atoms. The van der Waals surface area contributed by atoms with Gasteiger partial charge in [0.15, 0.2) is 0 Å². The fraction of sp³-hybridized carbons (Fsp3) is 0.0625. The smallest absolute Gasteiger partial charge is 0.139 e. The molecule has 0 bridgehead atoms. The molecular weight excluding hydrogens is 376 g/mol. The van der Waals surface area contributed by atoms with E-state index in [0.717, 1.165) is 26.5 Å². The van der Waals surface area contributed by atoms with Gasteiger partial charge in [-0.25, -0.2) is 9.37 Å². The topological polar surface area (TPSA) is 12.9 Å². The van der Waals surface area contributed by atoms with Gasteiger partial charge in [0.1, 0.15) is 11.0 Å². The molecule has 0 unspecified atom stereocenters. The van der Waals surface area contributed by atoms with Crippen LogP contribution in [0.2, 0.25) is 10.2 Å². The maximum absolute atomic E-state index is 13.1. The number of hydrogen-bond acceptors (Lipinski definition) is 1. The number of fused-ring (bicyclic) bond motifs is 1. The molecular formula is C16H9BrCl2FN. The van der Waals surface area contributed by atoms with Gasteiger partial charge in [-0.15, -0.1) is 0 Å². The van der Waals surface area contributed by atoms with Crippen LogP contribution in [0.3, 0.4) is 0 Å². The van der Waals surface area contributed by atoms with Crippen LogP contribution in [-0.2, 0) is 0 Å². The van der Waals surface area contributed by atoms with Crippen LogP contribution in [0.4, 0.5) is 4.39 Å². The van der Waals surface area contributed by atoms with Crippen molar-refractivity contribution in [3.63, 3.8) is 0 Å². The Morgan fingerprint density at radius 1 is 1.10 bits per heavy atom. The van der Waals surface area contributed by atoms with E-state index in [4.69, 9.17) is 23.2 Å². The van der Waals surface area contributed by atoms with Crippen LogP contribution in [0.25, 0.3) is 22.0 Å². The Morgan fingerprint density at radius 2 is 1.76 bits per heavy atom. The molecule has 5 heteroatoms. The fourth-order valence-electron chi connectivity index (χ4n) is 2.29. The average molecular weight is 385 g/mol. The van der Waals surface area contributed by atoms with Crippen molar-refractivity contribution in [3.05, 3.63) is 62.4 Å². The highest BCUT2D eigenvalue weighted by Crippen LogP contribution is 2.40. The van der Waals surface area contributed by atoms with Crippen molar-refractivity contribution in [1.82, 2.24) is 4.98 Å². The van der Waals surface area contributed by atoms with E-state index in [1.54, 1.807) is 12.1 Å². The second kappa shape index (κ2) is 5.56. The quantitative estimate of drug-likeness (QED) is 0.441. The molecule has 0 aliphatic carbocycles. The van der Waals surface area contributed by atoms with Gasteiger partial charge in [-0.05, 0) is 42.3 Å². The number of nitrogens with zero attached hydrogens (tertiary/aromatic N) is 1. The molecule has 1 nitrogen and oxygen atoms in total. The van der Waals surface area contributed by atoms with Crippen LogP contribution >= 0.6 is 39.1 Å². The first-order valence-corrected chi connectivity index (χ1v) is 7.73. The molecule has 0 N–H and O–H groups in total. The lowest BCUT2D eigenvalue weighted by Crippen LogP contribution is -1.91. The zero-order valence-corrected chi connectivity index (χ0v) is 14.0. The van der Waals surface area contributed by atoms with E-state index in [-0.39, 0.29) is 5.82 Å². The van der Waals surface area contributed by atoms with Crippen molar-refractivity contribution < 1.29 is 4.39 Å². The van der Waals surface area contributed by atoms with E-state index < -0.39 is 0 Å². The first-order chi connectivity index (χ1) is 9.97. The van der Waals surface area contributed by atoms with Gasteiger partial charge >= 0.3 is 0 Å². The summed E-state index contributed by atoms with van der Waals surface area (Å²) in [7, 11) is 0. The average Bonchev–Trinajstić information content (AvgIpc) is 2.42. The third-order valence-corrected chi connectivity index (χ3v) is 4.39. The predicted molar refractivity (Wildman–Crippen MR) is 89.6 cm³/mol. The third-order valence-electron chi connectivity index (χ3n) is 3.27. The van der Waals surface area contributed by atoms with Gasteiger partial charge in [0.25, 0.3) is 0 Å². The molecule has 1 heterocycles. The predicted octanol–water partition coefficient (Wildman–Crippen LogP) is 6.42. The molecule has 21 heavy (non-hydrogen) atoms. The number of halogens is 4. The maximum atomic E-state index is 13.1. The maximum Gasteiger partial charge on any atom is 0.139 e. The van der Waals surface area contributed by atoms with Gasteiger partial charge < -0.3 is 0 Å². The van der Waals surface area contributed by atoms with Crippen molar-refractivity contribution in [2.45, 2.75) is 6.92 Å². The number of aromatic nitrogens is 1. The van der Waals surface area contributed by atoms with Crippen LogP contribution in [0.15, 0.2) is 40.9 Å². The van der Waals surface area contributed by atoms with Gasteiger partial charge in [-0.3, -0.25) is 0 Å². The number of pyridine rings is 1. The third kappa shape index (κ3) is 2.66. The normalized spacial score (nSPS) is 11.1. The van der Waals surface area contributed by atoms with E-state index in [2.05, 4.69) is 20.9 Å². The fourth-order valence-corrected chi connectivity index (χ4v) is 3.54. The molecule has 2 aromatic carbocycles. The van der Waals surface area contributed by atoms with E-state index in [0.29, 0.717) is 15.7 Å². The number of aryl methyl sites for hydroxylation is 1. The van der Waals surface area contributed by atoms with Gasteiger partial charge in [0, 0.05) is 15.4 Å². The molecule has 0 aliphatic rings. The summed E-state index contributed by atoms with van der Waals surface area (Å²) in [4.78, 5) is 4.44. The summed E-state index contributed by atoms with van der Waals surface area (Å²) in [5, 5.41) is 1.64. The first kappa shape index (κ1) is 14.8. The van der Waals surface area contributed by atoms with Crippen LogP contribution < -0.4 is 0 Å². The molecule has 106 valence electrons. The summed E-state index contributed by atoms with van der Waals surface area (Å²) in [6, 6.07) is 9.89. The molecule has 0 atom stereocenters. The van der Waals surface area contributed by atoms with Crippen LogP contribution in [0, 0.1) is 12.7 Å².